The molecule has 2 aromatic heterocycles. The third-order valence-corrected chi connectivity index (χ3v) is 4.12. The number of halogens is 1. The molecule has 8 nitrogen and oxygen atoms in total. The van der Waals surface area contributed by atoms with Crippen molar-refractivity contribution >= 4 is 44.6 Å². The highest BCUT2D eigenvalue weighted by Gasteiger charge is 2.21. The lowest BCUT2D eigenvalue weighted by Crippen LogP contribution is -2.14. The summed E-state index contributed by atoms with van der Waals surface area (Å²) in [7, 11) is 0. The molecule has 0 radical (unpaired) electrons. The first-order valence-electron chi connectivity index (χ1n) is 5.56. The molecule has 4 N–H and O–H groups in total. The molecule has 10 heteroatoms. The van der Waals surface area contributed by atoms with Crippen LogP contribution in [-0.4, -0.2) is 21.4 Å². The van der Waals surface area contributed by atoms with Crippen molar-refractivity contribution in [1.29, 1.82) is 0 Å². The molecule has 0 aliphatic rings. The van der Waals surface area contributed by atoms with Gasteiger partial charge in [0.2, 0.25) is 11.6 Å². The van der Waals surface area contributed by atoms with Crippen molar-refractivity contribution in [1.82, 2.24) is 9.97 Å². The molecule has 0 saturated heterocycles. The first-order valence-corrected chi connectivity index (χ1v) is 7.17. The number of hydrogen-bond donors (Lipinski definition) is 3. The Morgan fingerprint density at radius 1 is 1.40 bits per heavy atom. The molecule has 2 aromatic rings. The highest BCUT2D eigenvalue weighted by Crippen LogP contribution is 2.28. The van der Waals surface area contributed by atoms with Gasteiger partial charge in [0, 0.05) is 11.4 Å². The van der Waals surface area contributed by atoms with Crippen molar-refractivity contribution in [2.75, 3.05) is 17.3 Å². The summed E-state index contributed by atoms with van der Waals surface area (Å²) in [5.74, 6) is 5.33. The Morgan fingerprint density at radius 3 is 2.75 bits per heavy atom. The minimum absolute atomic E-state index is 0.0219. The van der Waals surface area contributed by atoms with E-state index in [0.717, 1.165) is 10.2 Å². The molecule has 20 heavy (non-hydrogen) atoms. The molecular formula is C10H11BrN6O2S. The molecule has 0 unspecified atom stereocenters. The fraction of sp³-hybridized carbons (Fsp3) is 0.200. The first kappa shape index (κ1) is 14.6. The second-order valence-corrected chi connectivity index (χ2v) is 6.25. The van der Waals surface area contributed by atoms with Gasteiger partial charge in [-0.25, -0.2) is 15.8 Å². The number of nitrogen functional groups attached to an aromatic ring is 1. The quantitative estimate of drug-likeness (QED) is 0.411. The highest BCUT2D eigenvalue weighted by atomic mass is 79.9. The number of thiophene rings is 1. The Labute approximate surface area is 126 Å². The SMILES string of the molecule is NNc1ncnc(NCCc2ccc(Br)s2)c1[N+](=O)[O-]. The van der Waals surface area contributed by atoms with E-state index in [1.807, 2.05) is 12.1 Å². The molecule has 0 bridgehead atoms. The number of nitro groups is 1. The summed E-state index contributed by atoms with van der Waals surface area (Å²) >= 11 is 5.00. The van der Waals surface area contributed by atoms with Crippen molar-refractivity contribution in [2.45, 2.75) is 6.42 Å². The highest BCUT2D eigenvalue weighted by molar-refractivity contribution is 9.11. The summed E-state index contributed by atoms with van der Waals surface area (Å²) in [4.78, 5) is 19.2. The van der Waals surface area contributed by atoms with Gasteiger partial charge in [-0.3, -0.25) is 10.1 Å². The smallest absolute Gasteiger partial charge is 0.354 e. The van der Waals surface area contributed by atoms with Crippen LogP contribution in [0.1, 0.15) is 4.88 Å². The largest absolute Gasteiger partial charge is 0.364 e. The lowest BCUT2D eigenvalue weighted by Gasteiger charge is -2.07. The average molecular weight is 359 g/mol. The monoisotopic (exact) mass is 358 g/mol. The van der Waals surface area contributed by atoms with Crippen molar-refractivity contribution in [3.8, 4) is 0 Å². The zero-order valence-corrected chi connectivity index (χ0v) is 12.6. The van der Waals surface area contributed by atoms with Gasteiger partial charge in [0.1, 0.15) is 6.33 Å². The van der Waals surface area contributed by atoms with Gasteiger partial charge in [-0.05, 0) is 34.5 Å². The Balaban J connectivity index is 2.07. The maximum Gasteiger partial charge on any atom is 0.354 e. The van der Waals surface area contributed by atoms with Gasteiger partial charge >= 0.3 is 5.69 Å². The molecule has 0 amide bonds. The lowest BCUT2D eigenvalue weighted by molar-refractivity contribution is -0.383. The second-order valence-electron chi connectivity index (χ2n) is 3.70. The van der Waals surface area contributed by atoms with Crippen LogP contribution in [0.25, 0.3) is 0 Å². The standard InChI is InChI=1S/C10H11BrN6O2S/c11-7-2-1-6(20-7)3-4-13-9-8(17(18)19)10(16-12)15-5-14-9/h1-2,5H,3-4,12H2,(H2,13,14,15,16). The summed E-state index contributed by atoms with van der Waals surface area (Å²) < 4.78 is 1.05. The topological polar surface area (TPSA) is 119 Å². The number of hydrazine groups is 1. The van der Waals surface area contributed by atoms with Crippen LogP contribution < -0.4 is 16.6 Å². The lowest BCUT2D eigenvalue weighted by atomic mass is 10.3. The zero-order chi connectivity index (χ0) is 14.5. The summed E-state index contributed by atoms with van der Waals surface area (Å²) in [5.41, 5.74) is 1.93. The van der Waals surface area contributed by atoms with Crippen molar-refractivity contribution in [2.24, 2.45) is 5.84 Å². The van der Waals surface area contributed by atoms with Gasteiger partial charge in [-0.2, -0.15) is 0 Å². The van der Waals surface area contributed by atoms with E-state index in [4.69, 9.17) is 5.84 Å². The van der Waals surface area contributed by atoms with Crippen LogP contribution in [0.15, 0.2) is 22.2 Å². The van der Waals surface area contributed by atoms with Gasteiger partial charge in [0.05, 0.1) is 8.71 Å². The van der Waals surface area contributed by atoms with E-state index in [1.54, 1.807) is 11.3 Å². The van der Waals surface area contributed by atoms with Crippen LogP contribution in [0.4, 0.5) is 17.3 Å². The molecule has 2 heterocycles. The van der Waals surface area contributed by atoms with E-state index in [2.05, 4.69) is 36.6 Å². The summed E-state index contributed by atoms with van der Waals surface area (Å²) in [5, 5.41) is 14.0. The van der Waals surface area contributed by atoms with Gasteiger partial charge in [-0.15, -0.1) is 11.3 Å². The molecule has 0 spiro atoms. The third-order valence-electron chi connectivity index (χ3n) is 2.43. The van der Waals surface area contributed by atoms with Crippen molar-refractivity contribution in [3.05, 3.63) is 37.2 Å². The number of rotatable bonds is 6. The zero-order valence-electron chi connectivity index (χ0n) is 10.2. The maximum absolute atomic E-state index is 11.0. The molecule has 0 atom stereocenters. The van der Waals surface area contributed by atoms with E-state index in [9.17, 15) is 10.1 Å². The molecule has 0 fully saturated rings. The number of aromatic nitrogens is 2. The second kappa shape index (κ2) is 6.59. The Bertz CT molecular complexity index is 620. The predicted molar refractivity (Wildman–Crippen MR) is 80.7 cm³/mol. The van der Waals surface area contributed by atoms with E-state index in [-0.39, 0.29) is 17.3 Å². The van der Waals surface area contributed by atoms with E-state index in [0.29, 0.717) is 6.54 Å². The number of nitrogens with two attached hydrogens (primary N) is 1. The number of nitrogens with one attached hydrogen (secondary N) is 2. The predicted octanol–water partition coefficient (Wildman–Crippen LogP) is 2.15. The van der Waals surface area contributed by atoms with Gasteiger partial charge < -0.3 is 10.7 Å². The van der Waals surface area contributed by atoms with E-state index < -0.39 is 4.92 Å². The van der Waals surface area contributed by atoms with E-state index in [1.165, 1.54) is 11.2 Å². The summed E-state index contributed by atoms with van der Waals surface area (Å²) in [6.07, 6.45) is 1.95. The van der Waals surface area contributed by atoms with Gasteiger partial charge in [0.15, 0.2) is 0 Å². The maximum atomic E-state index is 11.0. The van der Waals surface area contributed by atoms with Crippen LogP contribution in [0.2, 0.25) is 0 Å². The summed E-state index contributed by atoms with van der Waals surface area (Å²) in [6.45, 7) is 0.523. The number of anilines is 2. The number of hydrogen-bond acceptors (Lipinski definition) is 8. The van der Waals surface area contributed by atoms with Crippen LogP contribution in [-0.2, 0) is 6.42 Å². The van der Waals surface area contributed by atoms with Crippen LogP contribution in [0.3, 0.4) is 0 Å². The molecule has 0 saturated carbocycles. The molecule has 0 aliphatic heterocycles. The van der Waals surface area contributed by atoms with Crippen molar-refractivity contribution in [3.63, 3.8) is 0 Å². The van der Waals surface area contributed by atoms with Gasteiger partial charge in [-0.1, -0.05) is 0 Å². The first-order chi connectivity index (χ1) is 9.61. The minimum atomic E-state index is -0.570. The molecular weight excluding hydrogens is 348 g/mol. The minimum Gasteiger partial charge on any atom is -0.364 e. The van der Waals surface area contributed by atoms with E-state index >= 15 is 0 Å². The average Bonchev–Trinajstić information content (AvgIpc) is 2.83. The van der Waals surface area contributed by atoms with Crippen LogP contribution in [0.5, 0.6) is 0 Å². The third kappa shape index (κ3) is 3.40. The Morgan fingerprint density at radius 2 is 2.15 bits per heavy atom. The molecule has 0 aromatic carbocycles. The molecule has 0 aliphatic carbocycles. The van der Waals surface area contributed by atoms with Crippen LogP contribution in [0, 0.1) is 10.1 Å². The molecule has 106 valence electrons. The fourth-order valence-electron chi connectivity index (χ4n) is 1.58. The number of nitrogens with zero attached hydrogens (tertiary/aromatic N) is 3. The van der Waals surface area contributed by atoms with Crippen molar-refractivity contribution < 1.29 is 4.92 Å². The Kier molecular flexibility index (Phi) is 4.82. The molecule has 2 rings (SSSR count). The summed E-state index contributed by atoms with van der Waals surface area (Å²) in [6, 6.07) is 3.96. The fourth-order valence-corrected chi connectivity index (χ4v) is 3.06. The van der Waals surface area contributed by atoms with Gasteiger partial charge in [0.25, 0.3) is 0 Å². The normalized spacial score (nSPS) is 10.3. The Hall–Kier alpha value is -1.78. The van der Waals surface area contributed by atoms with Crippen LogP contribution >= 0.6 is 27.3 Å².